The molecule has 0 aliphatic carbocycles. The second-order valence-corrected chi connectivity index (χ2v) is 3.05. The second-order valence-electron chi connectivity index (χ2n) is 3.05. The Kier molecular flexibility index (Phi) is 5.35. The Morgan fingerprint density at radius 3 is 2.33 bits per heavy atom. The van der Waals surface area contributed by atoms with E-state index in [1.165, 1.54) is 14.2 Å². The normalized spacial score (nSPS) is 12.8. The molecule has 0 unspecified atom stereocenters. The van der Waals surface area contributed by atoms with Crippen LogP contribution >= 0.6 is 0 Å². The molecule has 0 N–H and O–H groups in total. The quantitative estimate of drug-likeness (QED) is 0.665. The zero-order chi connectivity index (χ0) is 12.1. The number of allylic oxidation sites excluding steroid dienone is 2. The van der Waals surface area contributed by atoms with Gasteiger partial charge in [-0.15, -0.1) is 0 Å². The van der Waals surface area contributed by atoms with E-state index in [0.717, 1.165) is 11.8 Å². The number of carbonyl (C=O) groups is 1. The minimum Gasteiger partial charge on any atom is -0.383 e. The van der Waals surface area contributed by atoms with Gasteiger partial charge in [0.25, 0.3) is 0 Å². The van der Waals surface area contributed by atoms with E-state index in [9.17, 15) is 18.0 Å². The minimum atomic E-state index is -4.52. The lowest BCUT2D eigenvalue weighted by Gasteiger charge is -2.23. The van der Waals surface area contributed by atoms with E-state index in [2.05, 4.69) is 4.74 Å². The van der Waals surface area contributed by atoms with Gasteiger partial charge in [-0.05, 0) is 6.92 Å². The van der Waals surface area contributed by atoms with Crippen LogP contribution in [0.15, 0.2) is 11.8 Å². The molecule has 0 spiro atoms. The number of nitrogens with zero attached hydrogens (tertiary/aromatic N) is 1. The molecule has 0 radical (unpaired) electrons. The maximum Gasteiger partial charge on any atom is 0.431 e. The van der Waals surface area contributed by atoms with Gasteiger partial charge in [-0.25, -0.2) is 0 Å². The lowest BCUT2D eigenvalue weighted by atomic mass is 10.3. The molecule has 0 aliphatic heterocycles. The number of ketones is 1. The molecule has 0 saturated carbocycles. The number of halogens is 3. The summed E-state index contributed by atoms with van der Waals surface area (Å²) in [6.45, 7) is 1.33. The molecule has 0 aromatic heterocycles. The summed E-state index contributed by atoms with van der Waals surface area (Å²) in [4.78, 5) is 11.6. The largest absolute Gasteiger partial charge is 0.431 e. The van der Waals surface area contributed by atoms with Crippen LogP contribution < -0.4 is 0 Å². The highest BCUT2D eigenvalue weighted by molar-refractivity contribution is 5.88. The fourth-order valence-electron chi connectivity index (χ4n) is 0.950. The van der Waals surface area contributed by atoms with Crippen LogP contribution in [0.5, 0.6) is 0 Å². The molecule has 0 rings (SSSR count). The minimum absolute atomic E-state index is 0.0785. The van der Waals surface area contributed by atoms with Crippen molar-refractivity contribution in [1.82, 2.24) is 4.90 Å². The van der Waals surface area contributed by atoms with Crippen molar-refractivity contribution in [1.29, 1.82) is 0 Å². The molecule has 0 atom stereocenters. The third-order valence-corrected chi connectivity index (χ3v) is 1.67. The van der Waals surface area contributed by atoms with Crippen LogP contribution in [0, 0.1) is 0 Å². The SMILES string of the molecule is COCCN(C)/C(=C\C(C)=O)C(F)(F)F. The van der Waals surface area contributed by atoms with Crippen molar-refractivity contribution >= 4 is 5.78 Å². The van der Waals surface area contributed by atoms with Crippen LogP contribution in [-0.2, 0) is 9.53 Å². The summed E-state index contributed by atoms with van der Waals surface area (Å²) < 4.78 is 42.0. The van der Waals surface area contributed by atoms with E-state index >= 15 is 0 Å². The smallest absolute Gasteiger partial charge is 0.383 e. The Balaban J connectivity index is 4.72. The maximum atomic E-state index is 12.5. The van der Waals surface area contributed by atoms with Crippen molar-refractivity contribution in [2.75, 3.05) is 27.3 Å². The van der Waals surface area contributed by atoms with Crippen LogP contribution in [0.3, 0.4) is 0 Å². The fraction of sp³-hybridized carbons (Fsp3) is 0.667. The van der Waals surface area contributed by atoms with Crippen molar-refractivity contribution in [3.8, 4) is 0 Å². The molecule has 0 saturated heterocycles. The Hall–Kier alpha value is -1.04. The Labute approximate surface area is 86.5 Å². The van der Waals surface area contributed by atoms with Gasteiger partial charge >= 0.3 is 6.18 Å². The van der Waals surface area contributed by atoms with Crippen molar-refractivity contribution < 1.29 is 22.7 Å². The lowest BCUT2D eigenvalue weighted by molar-refractivity contribution is -0.118. The van der Waals surface area contributed by atoms with Crippen molar-refractivity contribution in [3.05, 3.63) is 11.8 Å². The highest BCUT2D eigenvalue weighted by Crippen LogP contribution is 2.27. The van der Waals surface area contributed by atoms with Gasteiger partial charge in [0.05, 0.1) is 6.61 Å². The van der Waals surface area contributed by atoms with Crippen LogP contribution in [0.1, 0.15) is 6.92 Å². The van der Waals surface area contributed by atoms with Gasteiger partial charge in [0.15, 0.2) is 5.78 Å². The molecule has 0 aromatic carbocycles. The molecule has 88 valence electrons. The zero-order valence-corrected chi connectivity index (χ0v) is 8.89. The highest BCUT2D eigenvalue weighted by Gasteiger charge is 2.36. The number of hydrogen-bond acceptors (Lipinski definition) is 3. The molecule has 15 heavy (non-hydrogen) atoms. The number of ether oxygens (including phenoxy) is 1. The van der Waals surface area contributed by atoms with Crippen LogP contribution in [-0.4, -0.2) is 44.2 Å². The third-order valence-electron chi connectivity index (χ3n) is 1.67. The second kappa shape index (κ2) is 5.75. The molecule has 0 aromatic rings. The standard InChI is InChI=1S/C9H14F3NO2/c1-7(14)6-8(9(10,11)12)13(2)4-5-15-3/h6H,4-5H2,1-3H3/b8-6-. The highest BCUT2D eigenvalue weighted by atomic mass is 19.4. The summed E-state index contributed by atoms with van der Waals surface area (Å²) >= 11 is 0. The summed E-state index contributed by atoms with van der Waals surface area (Å²) in [5.74, 6) is -0.633. The van der Waals surface area contributed by atoms with Gasteiger partial charge < -0.3 is 9.64 Å². The number of likely N-dealkylation sites (N-methyl/N-ethyl adjacent to an activating group) is 1. The number of methoxy groups -OCH3 is 1. The molecule has 0 heterocycles. The number of rotatable bonds is 5. The molecular weight excluding hydrogens is 211 g/mol. The zero-order valence-electron chi connectivity index (χ0n) is 8.89. The summed E-state index contributed by atoms with van der Waals surface area (Å²) in [7, 11) is 2.66. The van der Waals surface area contributed by atoms with Gasteiger partial charge in [0.1, 0.15) is 5.70 Å². The maximum absolute atomic E-state index is 12.5. The van der Waals surface area contributed by atoms with E-state index in [1.54, 1.807) is 0 Å². The topological polar surface area (TPSA) is 29.5 Å². The Morgan fingerprint density at radius 1 is 1.47 bits per heavy atom. The summed E-state index contributed by atoms with van der Waals surface area (Å²) in [5, 5.41) is 0. The first-order valence-corrected chi connectivity index (χ1v) is 4.28. The van der Waals surface area contributed by atoms with Gasteiger partial charge in [0, 0.05) is 26.8 Å². The average Bonchev–Trinajstić information content (AvgIpc) is 2.08. The molecular formula is C9H14F3NO2. The van der Waals surface area contributed by atoms with Gasteiger partial charge in [0.2, 0.25) is 0 Å². The molecule has 6 heteroatoms. The molecule has 0 amide bonds. The lowest BCUT2D eigenvalue weighted by Crippen LogP contribution is -2.31. The molecule has 0 fully saturated rings. The van der Waals surface area contributed by atoms with E-state index in [0.29, 0.717) is 6.08 Å². The van der Waals surface area contributed by atoms with Crippen molar-refractivity contribution in [2.24, 2.45) is 0 Å². The predicted molar refractivity (Wildman–Crippen MR) is 49.3 cm³/mol. The van der Waals surface area contributed by atoms with Crippen LogP contribution in [0.25, 0.3) is 0 Å². The van der Waals surface area contributed by atoms with Crippen LogP contribution in [0.4, 0.5) is 13.2 Å². The van der Waals surface area contributed by atoms with Gasteiger partial charge in [-0.3, -0.25) is 4.79 Å². The Bertz CT molecular complexity index is 248. The summed E-state index contributed by atoms with van der Waals surface area (Å²) in [6.07, 6.45) is -3.94. The van der Waals surface area contributed by atoms with E-state index < -0.39 is 17.7 Å². The van der Waals surface area contributed by atoms with E-state index in [4.69, 9.17) is 0 Å². The van der Waals surface area contributed by atoms with Crippen LogP contribution in [0.2, 0.25) is 0 Å². The molecule has 0 bridgehead atoms. The first-order valence-electron chi connectivity index (χ1n) is 4.28. The number of hydrogen-bond donors (Lipinski definition) is 0. The van der Waals surface area contributed by atoms with E-state index in [-0.39, 0.29) is 13.2 Å². The van der Waals surface area contributed by atoms with Gasteiger partial charge in [-0.2, -0.15) is 13.2 Å². The molecule has 0 aliphatic rings. The third kappa shape index (κ3) is 5.41. The summed E-state index contributed by atoms with van der Waals surface area (Å²) in [5.41, 5.74) is -0.952. The average molecular weight is 225 g/mol. The number of alkyl halides is 3. The summed E-state index contributed by atoms with van der Waals surface area (Å²) in [6, 6.07) is 0. The van der Waals surface area contributed by atoms with Crippen molar-refractivity contribution in [3.63, 3.8) is 0 Å². The predicted octanol–water partition coefficient (Wildman–Crippen LogP) is 1.60. The fourth-order valence-corrected chi connectivity index (χ4v) is 0.950. The number of carbonyl (C=O) groups excluding carboxylic acids is 1. The molecule has 3 nitrogen and oxygen atoms in total. The van der Waals surface area contributed by atoms with E-state index in [1.807, 2.05) is 0 Å². The first-order chi connectivity index (χ1) is 6.79. The Morgan fingerprint density at radius 2 is 2.00 bits per heavy atom. The first kappa shape index (κ1) is 14.0. The van der Waals surface area contributed by atoms with Crippen molar-refractivity contribution in [2.45, 2.75) is 13.1 Å². The van der Waals surface area contributed by atoms with Gasteiger partial charge in [-0.1, -0.05) is 0 Å². The monoisotopic (exact) mass is 225 g/mol.